The first-order chi connectivity index (χ1) is 9.66. The molecule has 0 saturated carbocycles. The minimum Gasteiger partial charge on any atom is -0.395 e. The van der Waals surface area contributed by atoms with Crippen LogP contribution in [0.15, 0.2) is 36.7 Å². The van der Waals surface area contributed by atoms with Crippen LogP contribution in [0.3, 0.4) is 0 Å². The third kappa shape index (κ3) is 1.97. The molecule has 3 rings (SSSR count). The topological polar surface area (TPSA) is 96.7 Å². The summed E-state index contributed by atoms with van der Waals surface area (Å²) in [5.74, 6) is -0.337. The van der Waals surface area contributed by atoms with Crippen molar-refractivity contribution in [3.63, 3.8) is 0 Å². The molecule has 0 aliphatic carbocycles. The van der Waals surface area contributed by atoms with E-state index in [1.807, 2.05) is 24.3 Å². The Morgan fingerprint density at radius 2 is 2.20 bits per heavy atom. The molecule has 0 unspecified atom stereocenters. The molecule has 0 aliphatic heterocycles. The first-order valence-corrected chi connectivity index (χ1v) is 6.11. The number of fused-ring (bicyclic) bond motifs is 1. The summed E-state index contributed by atoms with van der Waals surface area (Å²) in [5.41, 5.74) is 7.75. The number of carbonyl (C=O) groups is 1. The maximum absolute atomic E-state index is 12.2. The molecule has 6 nitrogen and oxygen atoms in total. The van der Waals surface area contributed by atoms with Crippen LogP contribution in [0.4, 0.5) is 11.4 Å². The van der Waals surface area contributed by atoms with Gasteiger partial charge in [0.1, 0.15) is 0 Å². The summed E-state index contributed by atoms with van der Waals surface area (Å²) in [7, 11) is 0. The zero-order chi connectivity index (χ0) is 14.1. The largest absolute Gasteiger partial charge is 0.395 e. The van der Waals surface area contributed by atoms with Gasteiger partial charge in [-0.1, -0.05) is 12.1 Å². The molecule has 6 heteroatoms. The average Bonchev–Trinajstić information content (AvgIpc) is 2.79. The van der Waals surface area contributed by atoms with Gasteiger partial charge in [-0.2, -0.15) is 5.10 Å². The van der Waals surface area contributed by atoms with E-state index >= 15 is 0 Å². The van der Waals surface area contributed by atoms with Crippen molar-refractivity contribution < 1.29 is 4.79 Å². The number of hydrogen-bond donors (Lipinski definition) is 3. The Hall–Kier alpha value is -2.89. The van der Waals surface area contributed by atoms with Gasteiger partial charge in [0.05, 0.1) is 11.4 Å². The number of aryl methyl sites for hydroxylation is 1. The fraction of sp³-hybridized carbons (Fsp3) is 0.0714. The Morgan fingerprint density at radius 3 is 2.95 bits per heavy atom. The van der Waals surface area contributed by atoms with Crippen molar-refractivity contribution in [1.82, 2.24) is 15.2 Å². The number of anilines is 2. The Morgan fingerprint density at radius 1 is 1.35 bits per heavy atom. The second kappa shape index (κ2) is 4.65. The number of nitrogens with two attached hydrogens (primary N) is 1. The third-order valence-corrected chi connectivity index (χ3v) is 3.14. The summed E-state index contributed by atoms with van der Waals surface area (Å²) in [5, 5.41) is 11.3. The molecule has 0 aliphatic rings. The van der Waals surface area contributed by atoms with Gasteiger partial charge in [0.2, 0.25) is 0 Å². The highest BCUT2D eigenvalue weighted by atomic mass is 16.2. The van der Waals surface area contributed by atoms with Crippen LogP contribution in [-0.4, -0.2) is 21.1 Å². The number of nitrogens with one attached hydrogen (secondary N) is 2. The molecule has 0 bridgehead atoms. The predicted molar refractivity (Wildman–Crippen MR) is 77.4 cm³/mol. The first-order valence-electron chi connectivity index (χ1n) is 6.11. The molecule has 0 spiro atoms. The lowest BCUT2D eigenvalue weighted by Crippen LogP contribution is -2.14. The number of hydrogen-bond acceptors (Lipinski definition) is 4. The summed E-state index contributed by atoms with van der Waals surface area (Å²) in [6.07, 6.45) is 3.43. The highest BCUT2D eigenvalue weighted by Crippen LogP contribution is 2.23. The van der Waals surface area contributed by atoms with E-state index < -0.39 is 0 Å². The number of H-pyrrole nitrogens is 1. The van der Waals surface area contributed by atoms with E-state index in [4.69, 9.17) is 5.73 Å². The molecule has 1 amide bonds. The fourth-order valence-electron chi connectivity index (χ4n) is 2.02. The van der Waals surface area contributed by atoms with E-state index in [1.165, 1.54) is 0 Å². The highest BCUT2D eigenvalue weighted by Gasteiger charge is 2.16. The number of nitrogens with zero attached hydrogens (tertiary/aromatic N) is 2. The maximum Gasteiger partial charge on any atom is 0.278 e. The number of amides is 1. The van der Waals surface area contributed by atoms with Gasteiger partial charge in [-0.15, -0.1) is 0 Å². The van der Waals surface area contributed by atoms with Gasteiger partial charge in [0, 0.05) is 28.9 Å². The molecule has 0 atom stereocenters. The van der Waals surface area contributed by atoms with Gasteiger partial charge in [-0.3, -0.25) is 14.9 Å². The van der Waals surface area contributed by atoms with Crippen LogP contribution < -0.4 is 11.1 Å². The van der Waals surface area contributed by atoms with Gasteiger partial charge in [-0.05, 0) is 19.1 Å². The Kier molecular flexibility index (Phi) is 2.83. The van der Waals surface area contributed by atoms with Crippen LogP contribution in [0.25, 0.3) is 10.8 Å². The van der Waals surface area contributed by atoms with Gasteiger partial charge in [0.25, 0.3) is 5.91 Å². The van der Waals surface area contributed by atoms with Gasteiger partial charge in [0.15, 0.2) is 5.69 Å². The van der Waals surface area contributed by atoms with Crippen LogP contribution in [0.5, 0.6) is 0 Å². The quantitative estimate of drug-likeness (QED) is 0.662. The average molecular weight is 267 g/mol. The number of rotatable bonds is 2. The van der Waals surface area contributed by atoms with Crippen LogP contribution >= 0.6 is 0 Å². The number of aromatic nitrogens is 3. The number of pyridine rings is 1. The van der Waals surface area contributed by atoms with Crippen LogP contribution in [0, 0.1) is 6.92 Å². The smallest absolute Gasteiger partial charge is 0.278 e. The first kappa shape index (κ1) is 12.2. The van der Waals surface area contributed by atoms with E-state index in [0.717, 1.165) is 10.8 Å². The fourth-order valence-corrected chi connectivity index (χ4v) is 2.02. The SMILES string of the molecule is Cc1[nH]nc(C(=O)Nc2cccc3cnccc23)c1N. The Bertz CT molecular complexity index is 788. The standard InChI is InChI=1S/C14H13N5O/c1-8-12(15)13(19-18-8)14(20)17-11-4-2-3-9-7-16-6-5-10(9)11/h2-7H,15H2,1H3,(H,17,20)(H,18,19). The van der Waals surface area contributed by atoms with Gasteiger partial charge < -0.3 is 11.1 Å². The number of benzene rings is 1. The summed E-state index contributed by atoms with van der Waals surface area (Å²) in [4.78, 5) is 16.3. The van der Waals surface area contributed by atoms with Crippen LogP contribution in [0.1, 0.15) is 16.2 Å². The molecule has 0 saturated heterocycles. The predicted octanol–water partition coefficient (Wildman–Crippen LogP) is 2.10. The Labute approximate surface area is 115 Å². The van der Waals surface area contributed by atoms with Crippen molar-refractivity contribution in [2.45, 2.75) is 6.92 Å². The molecule has 2 heterocycles. The molecule has 2 aromatic heterocycles. The summed E-state index contributed by atoms with van der Waals surface area (Å²) >= 11 is 0. The van der Waals surface area contributed by atoms with Gasteiger partial charge in [-0.25, -0.2) is 0 Å². The maximum atomic E-state index is 12.2. The normalized spacial score (nSPS) is 10.7. The van der Waals surface area contributed by atoms with Crippen LogP contribution in [-0.2, 0) is 0 Å². The summed E-state index contributed by atoms with van der Waals surface area (Å²) < 4.78 is 0. The molecular weight excluding hydrogens is 254 g/mol. The molecule has 3 aromatic rings. The molecule has 0 radical (unpaired) electrons. The van der Waals surface area contributed by atoms with Crippen molar-refractivity contribution in [3.8, 4) is 0 Å². The van der Waals surface area contributed by atoms with Crippen molar-refractivity contribution in [3.05, 3.63) is 48.0 Å². The zero-order valence-corrected chi connectivity index (χ0v) is 10.8. The van der Waals surface area contributed by atoms with E-state index in [0.29, 0.717) is 17.1 Å². The summed E-state index contributed by atoms with van der Waals surface area (Å²) in [6.45, 7) is 1.77. The van der Waals surface area contributed by atoms with Gasteiger partial charge >= 0.3 is 0 Å². The molecular formula is C14H13N5O. The van der Waals surface area contributed by atoms with Crippen molar-refractivity contribution in [2.75, 3.05) is 11.1 Å². The Balaban J connectivity index is 1.97. The van der Waals surface area contributed by atoms with Crippen molar-refractivity contribution in [1.29, 1.82) is 0 Å². The van der Waals surface area contributed by atoms with Crippen molar-refractivity contribution >= 4 is 28.1 Å². The second-order valence-electron chi connectivity index (χ2n) is 4.47. The van der Waals surface area contributed by atoms with E-state index in [9.17, 15) is 4.79 Å². The zero-order valence-electron chi connectivity index (χ0n) is 10.8. The number of aromatic amines is 1. The summed E-state index contributed by atoms with van der Waals surface area (Å²) in [6, 6.07) is 7.48. The second-order valence-corrected chi connectivity index (χ2v) is 4.47. The van der Waals surface area contributed by atoms with Crippen molar-refractivity contribution in [2.24, 2.45) is 0 Å². The van der Waals surface area contributed by atoms with E-state index in [-0.39, 0.29) is 11.6 Å². The monoisotopic (exact) mass is 267 g/mol. The van der Waals surface area contributed by atoms with E-state index in [2.05, 4.69) is 20.5 Å². The molecule has 0 fully saturated rings. The number of nitrogen functional groups attached to an aromatic ring is 1. The minimum absolute atomic E-state index is 0.202. The molecule has 1 aromatic carbocycles. The minimum atomic E-state index is -0.337. The number of carbonyl (C=O) groups excluding carboxylic acids is 1. The van der Waals surface area contributed by atoms with E-state index in [1.54, 1.807) is 19.3 Å². The molecule has 100 valence electrons. The molecule has 20 heavy (non-hydrogen) atoms. The lowest BCUT2D eigenvalue weighted by atomic mass is 10.1. The third-order valence-electron chi connectivity index (χ3n) is 3.14. The van der Waals surface area contributed by atoms with Crippen LogP contribution in [0.2, 0.25) is 0 Å². The highest BCUT2D eigenvalue weighted by molar-refractivity contribution is 6.10. The lowest BCUT2D eigenvalue weighted by molar-refractivity contribution is 0.102. The molecule has 4 N–H and O–H groups in total. The lowest BCUT2D eigenvalue weighted by Gasteiger charge is -2.07.